The molecule has 110 valence electrons. The number of aromatic nitrogens is 2. The van der Waals surface area contributed by atoms with E-state index in [0.29, 0.717) is 12.4 Å². The molecule has 1 aromatic carbocycles. The first-order chi connectivity index (χ1) is 10.0. The van der Waals surface area contributed by atoms with Crippen LogP contribution in [0.15, 0.2) is 36.4 Å². The molecule has 2 aromatic rings. The lowest BCUT2D eigenvalue weighted by Crippen LogP contribution is -2.36. The smallest absolute Gasteiger partial charge is 0.243 e. The topological polar surface area (TPSA) is 80.9 Å². The Balaban J connectivity index is 1.90. The SMILES string of the molecule is Cc1cc(C)nc(NC(=O)[C@@H](N)CCc2ccccc2)n1. The largest absolute Gasteiger partial charge is 0.320 e. The van der Waals surface area contributed by atoms with Crippen molar-refractivity contribution >= 4 is 11.9 Å². The van der Waals surface area contributed by atoms with Crippen LogP contribution in [0.2, 0.25) is 0 Å². The number of hydrogen-bond acceptors (Lipinski definition) is 4. The first kappa shape index (κ1) is 15.1. The molecule has 0 saturated carbocycles. The summed E-state index contributed by atoms with van der Waals surface area (Å²) in [6.45, 7) is 3.72. The first-order valence-electron chi connectivity index (χ1n) is 6.97. The summed E-state index contributed by atoms with van der Waals surface area (Å²) in [5.74, 6) is 0.0589. The van der Waals surface area contributed by atoms with E-state index in [2.05, 4.69) is 15.3 Å². The Morgan fingerprint density at radius 3 is 2.43 bits per heavy atom. The van der Waals surface area contributed by atoms with Crippen LogP contribution in [0.4, 0.5) is 5.95 Å². The molecule has 0 bridgehead atoms. The van der Waals surface area contributed by atoms with Crippen LogP contribution < -0.4 is 11.1 Å². The molecule has 3 N–H and O–H groups in total. The third-order valence-corrected chi connectivity index (χ3v) is 3.14. The van der Waals surface area contributed by atoms with Gasteiger partial charge < -0.3 is 5.73 Å². The molecule has 0 aliphatic carbocycles. The summed E-state index contributed by atoms with van der Waals surface area (Å²) >= 11 is 0. The maximum Gasteiger partial charge on any atom is 0.243 e. The van der Waals surface area contributed by atoms with Crippen LogP contribution in [0.3, 0.4) is 0 Å². The van der Waals surface area contributed by atoms with Gasteiger partial charge in [-0.25, -0.2) is 9.97 Å². The Kier molecular flexibility index (Phi) is 5.00. The lowest BCUT2D eigenvalue weighted by Gasteiger charge is -2.12. The molecule has 1 heterocycles. The molecule has 0 radical (unpaired) electrons. The molecule has 0 aliphatic rings. The van der Waals surface area contributed by atoms with Gasteiger partial charge in [0.1, 0.15) is 0 Å². The zero-order valence-electron chi connectivity index (χ0n) is 12.3. The average molecular weight is 284 g/mol. The molecule has 1 amide bonds. The molecular weight excluding hydrogens is 264 g/mol. The zero-order valence-corrected chi connectivity index (χ0v) is 12.3. The van der Waals surface area contributed by atoms with Gasteiger partial charge in [-0.3, -0.25) is 10.1 Å². The fourth-order valence-corrected chi connectivity index (χ4v) is 2.08. The number of hydrogen-bond donors (Lipinski definition) is 2. The Bertz CT molecular complexity index is 593. The summed E-state index contributed by atoms with van der Waals surface area (Å²) < 4.78 is 0. The molecule has 0 saturated heterocycles. The van der Waals surface area contributed by atoms with Crippen molar-refractivity contribution in [3.8, 4) is 0 Å². The second kappa shape index (κ2) is 6.95. The van der Waals surface area contributed by atoms with E-state index < -0.39 is 6.04 Å². The molecule has 1 atom stereocenters. The minimum Gasteiger partial charge on any atom is -0.320 e. The average Bonchev–Trinajstić information content (AvgIpc) is 2.44. The molecule has 0 unspecified atom stereocenters. The summed E-state index contributed by atoms with van der Waals surface area (Å²) in [4.78, 5) is 20.4. The van der Waals surface area contributed by atoms with Crippen molar-refractivity contribution < 1.29 is 4.79 Å². The van der Waals surface area contributed by atoms with E-state index in [1.165, 1.54) is 5.56 Å². The summed E-state index contributed by atoms with van der Waals surface area (Å²) in [5, 5.41) is 2.67. The summed E-state index contributed by atoms with van der Waals surface area (Å²) in [6, 6.07) is 11.2. The fraction of sp³-hybridized carbons (Fsp3) is 0.312. The number of rotatable bonds is 5. The minimum atomic E-state index is -0.574. The van der Waals surface area contributed by atoms with E-state index in [4.69, 9.17) is 5.73 Å². The van der Waals surface area contributed by atoms with Crippen molar-refractivity contribution in [3.63, 3.8) is 0 Å². The van der Waals surface area contributed by atoms with Crippen molar-refractivity contribution in [2.75, 3.05) is 5.32 Å². The predicted molar refractivity (Wildman–Crippen MR) is 82.9 cm³/mol. The van der Waals surface area contributed by atoms with Gasteiger partial charge in [0.15, 0.2) is 0 Å². The van der Waals surface area contributed by atoms with Crippen molar-refractivity contribution in [2.45, 2.75) is 32.7 Å². The normalized spacial score (nSPS) is 12.0. The molecule has 5 nitrogen and oxygen atoms in total. The number of benzene rings is 1. The number of nitrogens with two attached hydrogens (primary N) is 1. The monoisotopic (exact) mass is 284 g/mol. The molecule has 21 heavy (non-hydrogen) atoms. The van der Waals surface area contributed by atoms with Crippen LogP contribution in [0, 0.1) is 13.8 Å². The number of carbonyl (C=O) groups is 1. The van der Waals surface area contributed by atoms with E-state index in [1.807, 2.05) is 50.2 Å². The van der Waals surface area contributed by atoms with Gasteiger partial charge in [0.05, 0.1) is 6.04 Å². The number of nitrogens with one attached hydrogen (secondary N) is 1. The summed E-state index contributed by atoms with van der Waals surface area (Å²) in [7, 11) is 0. The Morgan fingerprint density at radius 1 is 1.19 bits per heavy atom. The third-order valence-electron chi connectivity index (χ3n) is 3.14. The zero-order chi connectivity index (χ0) is 15.2. The number of aryl methyl sites for hydroxylation is 3. The van der Waals surface area contributed by atoms with Crippen LogP contribution in [-0.2, 0) is 11.2 Å². The number of carbonyl (C=O) groups excluding carboxylic acids is 1. The van der Waals surface area contributed by atoms with Crippen LogP contribution in [-0.4, -0.2) is 21.9 Å². The van der Waals surface area contributed by atoms with Gasteiger partial charge in [0.25, 0.3) is 0 Å². The number of anilines is 1. The van der Waals surface area contributed by atoms with E-state index in [1.54, 1.807) is 0 Å². The fourth-order valence-electron chi connectivity index (χ4n) is 2.08. The van der Waals surface area contributed by atoms with Crippen molar-refractivity contribution in [1.29, 1.82) is 0 Å². The molecule has 2 rings (SSSR count). The quantitative estimate of drug-likeness (QED) is 0.880. The van der Waals surface area contributed by atoms with Crippen LogP contribution in [0.1, 0.15) is 23.4 Å². The molecule has 1 aromatic heterocycles. The Morgan fingerprint density at radius 2 is 1.81 bits per heavy atom. The summed E-state index contributed by atoms with van der Waals surface area (Å²) in [6.07, 6.45) is 1.35. The number of nitrogens with zero attached hydrogens (tertiary/aromatic N) is 2. The lowest BCUT2D eigenvalue weighted by atomic mass is 10.1. The Hall–Kier alpha value is -2.27. The van der Waals surface area contributed by atoms with Crippen molar-refractivity contribution in [1.82, 2.24) is 9.97 Å². The van der Waals surface area contributed by atoms with Gasteiger partial charge in [-0.1, -0.05) is 30.3 Å². The van der Waals surface area contributed by atoms with Crippen LogP contribution in [0.25, 0.3) is 0 Å². The van der Waals surface area contributed by atoms with Gasteiger partial charge in [0.2, 0.25) is 11.9 Å². The minimum absolute atomic E-state index is 0.254. The molecular formula is C16H20N4O. The van der Waals surface area contributed by atoms with E-state index in [9.17, 15) is 4.79 Å². The third kappa shape index (κ3) is 4.65. The van der Waals surface area contributed by atoms with Crippen LogP contribution >= 0.6 is 0 Å². The second-order valence-electron chi connectivity index (χ2n) is 5.09. The highest BCUT2D eigenvalue weighted by molar-refractivity contribution is 5.93. The van der Waals surface area contributed by atoms with Gasteiger partial charge in [-0.05, 0) is 38.3 Å². The van der Waals surface area contributed by atoms with Gasteiger partial charge in [-0.15, -0.1) is 0 Å². The molecule has 5 heteroatoms. The first-order valence-corrected chi connectivity index (χ1v) is 6.97. The van der Waals surface area contributed by atoms with Gasteiger partial charge in [0, 0.05) is 11.4 Å². The molecule has 0 fully saturated rings. The van der Waals surface area contributed by atoms with E-state index in [-0.39, 0.29) is 5.91 Å². The van der Waals surface area contributed by atoms with Crippen LogP contribution in [0.5, 0.6) is 0 Å². The maximum absolute atomic E-state index is 12.0. The summed E-state index contributed by atoms with van der Waals surface area (Å²) in [5.41, 5.74) is 8.72. The highest BCUT2D eigenvalue weighted by Crippen LogP contribution is 2.07. The number of amides is 1. The van der Waals surface area contributed by atoms with E-state index in [0.717, 1.165) is 17.8 Å². The molecule has 0 aliphatic heterocycles. The standard InChI is InChI=1S/C16H20N4O/c1-11-10-12(2)19-16(18-11)20-15(21)14(17)9-8-13-6-4-3-5-7-13/h3-7,10,14H,8-9,17H2,1-2H3,(H,18,19,20,21)/t14-/m0/s1. The lowest BCUT2D eigenvalue weighted by molar-refractivity contribution is -0.117. The predicted octanol–water partition coefficient (Wildman–Crippen LogP) is 1.99. The maximum atomic E-state index is 12.0. The van der Waals surface area contributed by atoms with Gasteiger partial charge in [-0.2, -0.15) is 0 Å². The Labute approximate surface area is 124 Å². The van der Waals surface area contributed by atoms with Crippen molar-refractivity contribution in [3.05, 3.63) is 53.3 Å². The highest BCUT2D eigenvalue weighted by atomic mass is 16.2. The highest BCUT2D eigenvalue weighted by Gasteiger charge is 2.15. The second-order valence-corrected chi connectivity index (χ2v) is 5.09. The van der Waals surface area contributed by atoms with Gasteiger partial charge >= 0.3 is 0 Å². The van der Waals surface area contributed by atoms with E-state index >= 15 is 0 Å². The van der Waals surface area contributed by atoms with Crippen molar-refractivity contribution in [2.24, 2.45) is 5.73 Å². The molecule has 0 spiro atoms.